The maximum Gasteiger partial charge on any atom is 0.266 e. The van der Waals surface area contributed by atoms with E-state index >= 15 is 0 Å². The highest BCUT2D eigenvalue weighted by Gasteiger charge is 2.40. The highest BCUT2D eigenvalue weighted by Crippen LogP contribution is 2.50. The largest absolute Gasteiger partial charge is 0.291 e. The molecule has 4 rings (SSSR count). The van der Waals surface area contributed by atoms with E-state index in [2.05, 4.69) is 0 Å². The lowest BCUT2D eigenvalue weighted by atomic mass is 10.1. The normalized spacial score (nSPS) is 17.8. The summed E-state index contributed by atoms with van der Waals surface area (Å²) < 4.78 is 55.1. The van der Waals surface area contributed by atoms with E-state index in [0.29, 0.717) is 5.56 Å². The summed E-state index contributed by atoms with van der Waals surface area (Å²) in [6.07, 6.45) is 1.52. The standard InChI is InChI=1S/C22H12ClF4NOS/c23-15-2-1-3-17(26)20(15)22-28(14-8-9-16(25)18(27)11-14)21(29)19(30-22)10-12-4-6-13(24)7-5-12/h1-11,22H. The van der Waals surface area contributed by atoms with Crippen molar-refractivity contribution in [2.75, 3.05) is 4.90 Å². The molecule has 1 saturated heterocycles. The molecule has 152 valence electrons. The van der Waals surface area contributed by atoms with Crippen LogP contribution in [0.2, 0.25) is 5.02 Å². The summed E-state index contributed by atoms with van der Waals surface area (Å²) in [6.45, 7) is 0. The van der Waals surface area contributed by atoms with Crippen LogP contribution in [0.15, 0.2) is 65.6 Å². The van der Waals surface area contributed by atoms with Crippen molar-refractivity contribution in [3.05, 3.63) is 105 Å². The van der Waals surface area contributed by atoms with Crippen LogP contribution in [0.4, 0.5) is 23.2 Å². The van der Waals surface area contributed by atoms with Crippen LogP contribution < -0.4 is 4.90 Å². The van der Waals surface area contributed by atoms with E-state index in [4.69, 9.17) is 11.6 Å². The molecule has 0 spiro atoms. The van der Waals surface area contributed by atoms with Gasteiger partial charge in [-0.2, -0.15) is 0 Å². The topological polar surface area (TPSA) is 20.3 Å². The fraction of sp³-hybridized carbons (Fsp3) is 0.0455. The Kier molecular flexibility index (Phi) is 5.58. The summed E-state index contributed by atoms with van der Waals surface area (Å²) in [5.74, 6) is -3.81. The molecule has 0 N–H and O–H groups in total. The van der Waals surface area contributed by atoms with Crippen molar-refractivity contribution in [2.24, 2.45) is 0 Å². The molecule has 2 nitrogen and oxygen atoms in total. The Morgan fingerprint density at radius 2 is 1.63 bits per heavy atom. The molecule has 3 aromatic rings. The van der Waals surface area contributed by atoms with Gasteiger partial charge in [-0.3, -0.25) is 9.69 Å². The van der Waals surface area contributed by atoms with E-state index in [0.717, 1.165) is 28.8 Å². The van der Waals surface area contributed by atoms with Crippen LogP contribution >= 0.6 is 23.4 Å². The Bertz CT molecular complexity index is 1150. The van der Waals surface area contributed by atoms with Gasteiger partial charge in [0.15, 0.2) is 11.6 Å². The van der Waals surface area contributed by atoms with Gasteiger partial charge in [0.2, 0.25) is 0 Å². The third-order valence-corrected chi connectivity index (χ3v) is 6.04. The van der Waals surface area contributed by atoms with Crippen LogP contribution in [0.1, 0.15) is 16.5 Å². The zero-order valence-corrected chi connectivity index (χ0v) is 16.7. The van der Waals surface area contributed by atoms with Gasteiger partial charge in [0, 0.05) is 22.3 Å². The van der Waals surface area contributed by atoms with Gasteiger partial charge in [-0.15, -0.1) is 0 Å². The lowest BCUT2D eigenvalue weighted by Gasteiger charge is -2.25. The number of hydrogen-bond donors (Lipinski definition) is 0. The van der Waals surface area contributed by atoms with E-state index in [1.807, 2.05) is 0 Å². The van der Waals surface area contributed by atoms with E-state index in [9.17, 15) is 22.4 Å². The second kappa shape index (κ2) is 8.16. The van der Waals surface area contributed by atoms with Gasteiger partial charge in [-0.25, -0.2) is 17.6 Å². The molecule has 1 fully saturated rings. The van der Waals surface area contributed by atoms with Crippen LogP contribution in [0.3, 0.4) is 0 Å². The third kappa shape index (κ3) is 3.82. The number of carbonyl (C=O) groups excluding carboxylic acids is 1. The fourth-order valence-corrected chi connectivity index (χ4v) is 4.73. The number of amides is 1. The molecule has 1 amide bonds. The second-order valence-electron chi connectivity index (χ2n) is 6.44. The Labute approximate surface area is 178 Å². The molecule has 1 aliphatic heterocycles. The van der Waals surface area contributed by atoms with Crippen molar-refractivity contribution in [1.82, 2.24) is 0 Å². The molecule has 1 atom stereocenters. The molecule has 1 heterocycles. The molecule has 0 bridgehead atoms. The number of nitrogens with zero attached hydrogens (tertiary/aromatic N) is 1. The van der Waals surface area contributed by atoms with Crippen molar-refractivity contribution in [1.29, 1.82) is 0 Å². The van der Waals surface area contributed by atoms with E-state index in [1.165, 1.54) is 54.6 Å². The predicted molar refractivity (Wildman–Crippen MR) is 110 cm³/mol. The van der Waals surface area contributed by atoms with Gasteiger partial charge in [0.05, 0.1) is 4.91 Å². The molecule has 0 radical (unpaired) electrons. The number of rotatable bonds is 3. The summed E-state index contributed by atoms with van der Waals surface area (Å²) in [5, 5.41) is -0.848. The van der Waals surface area contributed by atoms with Crippen molar-refractivity contribution in [3.8, 4) is 0 Å². The van der Waals surface area contributed by atoms with Gasteiger partial charge in [-0.1, -0.05) is 41.6 Å². The quantitative estimate of drug-likeness (QED) is 0.327. The highest BCUT2D eigenvalue weighted by molar-refractivity contribution is 8.05. The average Bonchev–Trinajstić information content (AvgIpc) is 3.01. The molecule has 30 heavy (non-hydrogen) atoms. The van der Waals surface area contributed by atoms with Gasteiger partial charge in [-0.05, 0) is 48.0 Å². The number of benzene rings is 3. The summed E-state index contributed by atoms with van der Waals surface area (Å²) in [6, 6.07) is 12.6. The molecule has 0 aromatic heterocycles. The second-order valence-corrected chi connectivity index (χ2v) is 7.97. The summed E-state index contributed by atoms with van der Waals surface area (Å²) in [4.78, 5) is 14.5. The number of carbonyl (C=O) groups is 1. The summed E-state index contributed by atoms with van der Waals surface area (Å²) in [7, 11) is 0. The molecule has 1 unspecified atom stereocenters. The minimum Gasteiger partial charge on any atom is -0.291 e. The molecule has 0 saturated carbocycles. The van der Waals surface area contributed by atoms with Crippen LogP contribution in [-0.2, 0) is 4.79 Å². The van der Waals surface area contributed by atoms with Crippen molar-refractivity contribution >= 4 is 41.0 Å². The molecule has 3 aromatic carbocycles. The number of anilines is 1. The smallest absolute Gasteiger partial charge is 0.266 e. The minimum atomic E-state index is -1.14. The predicted octanol–water partition coefficient (Wildman–Crippen LogP) is 6.72. The monoisotopic (exact) mass is 449 g/mol. The maximum absolute atomic E-state index is 14.6. The Morgan fingerprint density at radius 3 is 2.30 bits per heavy atom. The molecule has 8 heteroatoms. The molecule has 1 aliphatic rings. The summed E-state index contributed by atoms with van der Waals surface area (Å²) in [5.41, 5.74) is 0.653. The number of thioether (sulfide) groups is 1. The maximum atomic E-state index is 14.6. The fourth-order valence-electron chi connectivity index (χ4n) is 3.08. The van der Waals surface area contributed by atoms with E-state index < -0.39 is 34.5 Å². The zero-order valence-electron chi connectivity index (χ0n) is 15.1. The summed E-state index contributed by atoms with van der Waals surface area (Å²) >= 11 is 7.22. The SMILES string of the molecule is O=C1C(=Cc2ccc(F)cc2)SC(c2c(F)cccc2Cl)N1c1ccc(F)c(F)c1. The number of halogens is 5. The first-order chi connectivity index (χ1) is 14.3. The zero-order chi connectivity index (χ0) is 21.4. The van der Waals surface area contributed by atoms with Gasteiger partial charge in [0.1, 0.15) is 17.0 Å². The van der Waals surface area contributed by atoms with Crippen LogP contribution in [0.5, 0.6) is 0 Å². The first kappa shape index (κ1) is 20.5. The van der Waals surface area contributed by atoms with E-state index in [1.54, 1.807) is 0 Å². The van der Waals surface area contributed by atoms with Gasteiger partial charge >= 0.3 is 0 Å². The average molecular weight is 450 g/mol. The molecule has 0 aliphatic carbocycles. The van der Waals surface area contributed by atoms with Crippen molar-refractivity contribution < 1.29 is 22.4 Å². The van der Waals surface area contributed by atoms with Crippen LogP contribution in [-0.4, -0.2) is 5.91 Å². The van der Waals surface area contributed by atoms with Gasteiger partial charge in [0.25, 0.3) is 5.91 Å². The number of hydrogen-bond acceptors (Lipinski definition) is 2. The Balaban J connectivity index is 1.84. The molecular formula is C22H12ClF4NOS. The minimum absolute atomic E-state index is 0.0461. The Morgan fingerprint density at radius 1 is 0.900 bits per heavy atom. The lowest BCUT2D eigenvalue weighted by molar-refractivity contribution is -0.114. The first-order valence-electron chi connectivity index (χ1n) is 8.71. The first-order valence-corrected chi connectivity index (χ1v) is 9.97. The van der Waals surface area contributed by atoms with Crippen molar-refractivity contribution in [3.63, 3.8) is 0 Å². The van der Waals surface area contributed by atoms with Crippen LogP contribution in [0, 0.1) is 23.3 Å². The van der Waals surface area contributed by atoms with Gasteiger partial charge < -0.3 is 0 Å². The highest BCUT2D eigenvalue weighted by atomic mass is 35.5. The Hall–Kier alpha value is -2.77. The van der Waals surface area contributed by atoms with Crippen LogP contribution in [0.25, 0.3) is 6.08 Å². The third-order valence-electron chi connectivity index (χ3n) is 4.50. The molecular weight excluding hydrogens is 438 g/mol. The van der Waals surface area contributed by atoms with E-state index in [-0.39, 0.29) is 21.2 Å². The lowest BCUT2D eigenvalue weighted by Crippen LogP contribution is -2.28. The van der Waals surface area contributed by atoms with Crippen molar-refractivity contribution in [2.45, 2.75) is 5.37 Å².